The predicted molar refractivity (Wildman–Crippen MR) is 48.4 cm³/mol. The summed E-state index contributed by atoms with van der Waals surface area (Å²) in [5.74, 6) is -1.64. The molecule has 1 fully saturated rings. The first kappa shape index (κ1) is 11.1. The minimum absolute atomic E-state index is 0.126. The van der Waals surface area contributed by atoms with Gasteiger partial charge in [-0.1, -0.05) is 0 Å². The van der Waals surface area contributed by atoms with E-state index in [1.165, 1.54) is 0 Å². The van der Waals surface area contributed by atoms with Gasteiger partial charge in [0, 0.05) is 12.3 Å². The van der Waals surface area contributed by atoms with E-state index in [1.54, 1.807) is 0 Å². The van der Waals surface area contributed by atoms with Crippen molar-refractivity contribution >= 4 is 5.78 Å². The van der Waals surface area contributed by atoms with Crippen molar-refractivity contribution in [3.8, 4) is 0 Å². The molecule has 0 spiro atoms. The molecule has 0 saturated heterocycles. The van der Waals surface area contributed by atoms with Crippen LogP contribution in [0.4, 0.5) is 17.6 Å². The van der Waals surface area contributed by atoms with Crippen LogP contribution in [-0.4, -0.2) is 5.78 Å². The Kier molecular flexibility index (Phi) is 2.48. The second-order valence-corrected chi connectivity index (χ2v) is 3.83. The van der Waals surface area contributed by atoms with Crippen LogP contribution in [0, 0.1) is 5.82 Å². The van der Waals surface area contributed by atoms with Crippen molar-refractivity contribution in [1.29, 1.82) is 0 Å². The van der Waals surface area contributed by atoms with Crippen molar-refractivity contribution in [1.82, 2.24) is 0 Å². The van der Waals surface area contributed by atoms with Crippen LogP contribution >= 0.6 is 0 Å². The maximum atomic E-state index is 13.0. The SMILES string of the molecule is O=C1CCC1c1cc(F)cc(C(F)(F)F)c1. The Labute approximate surface area is 89.1 Å². The topological polar surface area (TPSA) is 17.1 Å². The standard InChI is InChI=1S/C11H8F4O/c12-8-4-6(9-1-2-10(9)16)3-7(5-8)11(13,14)15/h3-5,9H,1-2H2. The summed E-state index contributed by atoms with van der Waals surface area (Å²) in [6, 6.07) is 2.29. The van der Waals surface area contributed by atoms with E-state index in [0.717, 1.165) is 12.1 Å². The minimum Gasteiger partial charge on any atom is -0.299 e. The maximum Gasteiger partial charge on any atom is 0.416 e. The Balaban J connectivity index is 2.40. The molecule has 0 bridgehead atoms. The lowest BCUT2D eigenvalue weighted by molar-refractivity contribution is -0.138. The summed E-state index contributed by atoms with van der Waals surface area (Å²) in [4.78, 5) is 11.1. The van der Waals surface area contributed by atoms with Crippen LogP contribution < -0.4 is 0 Å². The van der Waals surface area contributed by atoms with E-state index in [4.69, 9.17) is 0 Å². The summed E-state index contributed by atoms with van der Waals surface area (Å²) in [5, 5.41) is 0. The van der Waals surface area contributed by atoms with Crippen LogP contribution in [0.2, 0.25) is 0 Å². The van der Waals surface area contributed by atoms with E-state index >= 15 is 0 Å². The molecule has 5 heteroatoms. The van der Waals surface area contributed by atoms with Crippen molar-refractivity contribution < 1.29 is 22.4 Å². The fourth-order valence-corrected chi connectivity index (χ4v) is 1.74. The summed E-state index contributed by atoms with van der Waals surface area (Å²) < 4.78 is 50.1. The average Bonchev–Trinajstić information content (AvgIpc) is 2.13. The van der Waals surface area contributed by atoms with Crippen LogP contribution in [-0.2, 0) is 11.0 Å². The molecule has 1 aromatic rings. The van der Waals surface area contributed by atoms with Gasteiger partial charge in [-0.25, -0.2) is 4.39 Å². The van der Waals surface area contributed by atoms with Gasteiger partial charge in [-0.2, -0.15) is 13.2 Å². The van der Waals surface area contributed by atoms with Crippen LogP contribution in [0.3, 0.4) is 0 Å². The molecule has 16 heavy (non-hydrogen) atoms. The highest BCUT2D eigenvalue weighted by Crippen LogP contribution is 2.37. The van der Waals surface area contributed by atoms with Gasteiger partial charge in [0.15, 0.2) is 0 Å². The van der Waals surface area contributed by atoms with Crippen LogP contribution in [0.1, 0.15) is 29.9 Å². The van der Waals surface area contributed by atoms with Gasteiger partial charge in [0.05, 0.1) is 5.56 Å². The van der Waals surface area contributed by atoms with Crippen LogP contribution in [0.25, 0.3) is 0 Å². The summed E-state index contributed by atoms with van der Waals surface area (Å²) in [6.07, 6.45) is -3.72. The second-order valence-electron chi connectivity index (χ2n) is 3.83. The third-order valence-electron chi connectivity index (χ3n) is 2.72. The molecule has 1 nitrogen and oxygen atoms in total. The zero-order valence-corrected chi connectivity index (χ0v) is 8.14. The van der Waals surface area contributed by atoms with E-state index in [9.17, 15) is 22.4 Å². The molecule has 0 N–H and O–H groups in total. The number of rotatable bonds is 1. The summed E-state index contributed by atoms with van der Waals surface area (Å²) >= 11 is 0. The quantitative estimate of drug-likeness (QED) is 0.679. The highest BCUT2D eigenvalue weighted by molar-refractivity contribution is 5.91. The number of hydrogen-bond acceptors (Lipinski definition) is 1. The van der Waals surface area contributed by atoms with E-state index in [-0.39, 0.29) is 11.3 Å². The lowest BCUT2D eigenvalue weighted by atomic mass is 9.78. The lowest BCUT2D eigenvalue weighted by Crippen LogP contribution is -2.23. The number of carbonyl (C=O) groups is 1. The van der Waals surface area contributed by atoms with Gasteiger partial charge in [-0.3, -0.25) is 4.79 Å². The molecule has 0 amide bonds. The number of alkyl halides is 3. The number of halogens is 4. The molecular weight excluding hydrogens is 224 g/mol. The van der Waals surface area contributed by atoms with Gasteiger partial charge in [-0.15, -0.1) is 0 Å². The summed E-state index contributed by atoms with van der Waals surface area (Å²) in [5.41, 5.74) is -0.911. The number of hydrogen-bond donors (Lipinski definition) is 0. The van der Waals surface area contributed by atoms with Gasteiger partial charge in [-0.05, 0) is 30.2 Å². The van der Waals surface area contributed by atoms with Gasteiger partial charge >= 0.3 is 6.18 Å². The Morgan fingerprint density at radius 1 is 1.19 bits per heavy atom. The number of benzene rings is 1. The van der Waals surface area contributed by atoms with Crippen molar-refractivity contribution in [2.24, 2.45) is 0 Å². The van der Waals surface area contributed by atoms with Gasteiger partial charge in [0.2, 0.25) is 0 Å². The third kappa shape index (κ3) is 1.94. The van der Waals surface area contributed by atoms with Gasteiger partial charge in [0.25, 0.3) is 0 Å². The zero-order chi connectivity index (χ0) is 11.9. The molecule has 1 aromatic carbocycles. The molecule has 1 saturated carbocycles. The third-order valence-corrected chi connectivity index (χ3v) is 2.72. The first-order valence-corrected chi connectivity index (χ1v) is 4.78. The van der Waals surface area contributed by atoms with Crippen molar-refractivity contribution in [3.63, 3.8) is 0 Å². The molecule has 1 unspecified atom stereocenters. The summed E-state index contributed by atoms with van der Waals surface area (Å²) in [7, 11) is 0. The minimum atomic E-state index is -4.58. The summed E-state index contributed by atoms with van der Waals surface area (Å²) in [6.45, 7) is 0. The highest BCUT2D eigenvalue weighted by Gasteiger charge is 2.35. The predicted octanol–water partition coefficient (Wildman–Crippen LogP) is 3.29. The maximum absolute atomic E-state index is 13.0. The van der Waals surface area contributed by atoms with Crippen molar-refractivity contribution in [3.05, 3.63) is 35.1 Å². The van der Waals surface area contributed by atoms with Crippen molar-refractivity contribution in [2.45, 2.75) is 24.9 Å². The molecule has 1 aliphatic carbocycles. The first-order valence-electron chi connectivity index (χ1n) is 4.78. The smallest absolute Gasteiger partial charge is 0.299 e. The highest BCUT2D eigenvalue weighted by atomic mass is 19.4. The number of Topliss-reactive ketones (excluding diaryl/α,β-unsaturated/α-hetero) is 1. The molecular formula is C11H8F4O. The van der Waals surface area contributed by atoms with E-state index < -0.39 is 23.5 Å². The monoisotopic (exact) mass is 232 g/mol. The van der Waals surface area contributed by atoms with Crippen LogP contribution in [0.5, 0.6) is 0 Å². The average molecular weight is 232 g/mol. The van der Waals surface area contributed by atoms with E-state index in [2.05, 4.69) is 0 Å². The molecule has 0 heterocycles. The van der Waals surface area contributed by atoms with E-state index in [0.29, 0.717) is 18.9 Å². The molecule has 1 atom stereocenters. The fourth-order valence-electron chi connectivity index (χ4n) is 1.74. The number of carbonyl (C=O) groups excluding carboxylic acids is 1. The Bertz CT molecular complexity index is 436. The molecule has 0 aromatic heterocycles. The second kappa shape index (κ2) is 3.57. The van der Waals surface area contributed by atoms with Gasteiger partial charge in [0.1, 0.15) is 11.6 Å². The molecule has 0 aliphatic heterocycles. The van der Waals surface area contributed by atoms with E-state index in [1.807, 2.05) is 0 Å². The zero-order valence-electron chi connectivity index (χ0n) is 8.14. The molecule has 0 radical (unpaired) electrons. The molecule has 1 aliphatic rings. The fraction of sp³-hybridized carbons (Fsp3) is 0.364. The Morgan fingerprint density at radius 3 is 2.31 bits per heavy atom. The largest absolute Gasteiger partial charge is 0.416 e. The Morgan fingerprint density at radius 2 is 1.88 bits per heavy atom. The molecule has 2 rings (SSSR count). The molecule has 86 valence electrons. The lowest BCUT2D eigenvalue weighted by Gasteiger charge is -2.24. The van der Waals surface area contributed by atoms with Crippen LogP contribution in [0.15, 0.2) is 18.2 Å². The van der Waals surface area contributed by atoms with Gasteiger partial charge < -0.3 is 0 Å². The Hall–Kier alpha value is -1.39. The normalized spacial score (nSPS) is 20.8. The van der Waals surface area contributed by atoms with Crippen molar-refractivity contribution in [2.75, 3.05) is 0 Å². The first-order chi connectivity index (χ1) is 7.38. The number of ketones is 1.